The van der Waals surface area contributed by atoms with Crippen LogP contribution in [0.3, 0.4) is 0 Å². The Morgan fingerprint density at radius 3 is 2.67 bits per heavy atom. The monoisotopic (exact) mass is 318 g/mol. The smallest absolute Gasteiger partial charge is 0.129 e. The van der Waals surface area contributed by atoms with E-state index >= 15 is 0 Å². The maximum absolute atomic E-state index is 14.0. The zero-order valence-electron chi connectivity index (χ0n) is 10.1. The van der Waals surface area contributed by atoms with Crippen molar-refractivity contribution in [3.63, 3.8) is 0 Å². The molecule has 1 atom stereocenters. The summed E-state index contributed by atoms with van der Waals surface area (Å²) in [7, 11) is 0. The average molecular weight is 319 g/mol. The molecule has 0 radical (unpaired) electrons. The molecule has 0 aromatic heterocycles. The fourth-order valence-corrected chi connectivity index (χ4v) is 3.04. The first kappa shape index (κ1) is 13.9. The number of rotatable bonds is 4. The molecule has 0 saturated carbocycles. The lowest BCUT2D eigenvalue weighted by atomic mass is 10.0. The maximum Gasteiger partial charge on any atom is 0.129 e. The van der Waals surface area contributed by atoms with Crippen LogP contribution < -0.4 is 5.32 Å². The minimum atomic E-state index is -0.435. The van der Waals surface area contributed by atoms with Crippen molar-refractivity contribution >= 4 is 15.9 Å². The first-order valence-electron chi connectivity index (χ1n) is 6.18. The van der Waals surface area contributed by atoms with Crippen molar-refractivity contribution in [1.29, 1.82) is 0 Å². The second-order valence-corrected chi connectivity index (χ2v) is 5.27. The van der Waals surface area contributed by atoms with Crippen molar-refractivity contribution in [1.82, 2.24) is 10.2 Å². The Labute approximate surface area is 114 Å². The molecular formula is C13H17BrF2N2. The number of nitrogens with one attached hydrogen (secondary N) is 1. The van der Waals surface area contributed by atoms with E-state index in [1.54, 1.807) is 6.07 Å². The minimum Gasteiger partial charge on any atom is -0.314 e. The first-order valence-corrected chi connectivity index (χ1v) is 6.98. The number of halogens is 3. The van der Waals surface area contributed by atoms with Crippen LogP contribution in [0, 0.1) is 5.82 Å². The maximum atomic E-state index is 14.0. The highest BCUT2D eigenvalue weighted by atomic mass is 79.9. The second-order valence-electron chi connectivity index (χ2n) is 4.41. The number of alkyl halides is 1. The lowest BCUT2D eigenvalue weighted by Gasteiger charge is -2.35. The molecule has 2 nitrogen and oxygen atoms in total. The molecule has 0 unspecified atom stereocenters. The third kappa shape index (κ3) is 3.08. The van der Waals surface area contributed by atoms with Gasteiger partial charge in [0.15, 0.2) is 0 Å². The van der Waals surface area contributed by atoms with Crippen LogP contribution in [-0.2, 0) is 0 Å². The molecule has 5 heteroatoms. The van der Waals surface area contributed by atoms with E-state index in [0.717, 1.165) is 30.7 Å². The lowest BCUT2D eigenvalue weighted by Crippen LogP contribution is -2.45. The number of hydrogen-bond acceptors (Lipinski definition) is 2. The Morgan fingerprint density at radius 1 is 1.33 bits per heavy atom. The van der Waals surface area contributed by atoms with Crippen LogP contribution in [0.25, 0.3) is 0 Å². The van der Waals surface area contributed by atoms with E-state index in [1.165, 1.54) is 6.07 Å². The fraction of sp³-hybridized carbons (Fsp3) is 0.538. The van der Waals surface area contributed by atoms with Crippen LogP contribution in [0.1, 0.15) is 18.0 Å². The number of piperazine rings is 1. The zero-order chi connectivity index (χ0) is 13.0. The molecule has 1 aliphatic rings. The van der Waals surface area contributed by atoms with Crippen molar-refractivity contribution in [3.8, 4) is 0 Å². The molecule has 1 aromatic rings. The summed E-state index contributed by atoms with van der Waals surface area (Å²) >= 11 is 3.38. The molecule has 2 rings (SSSR count). The van der Waals surface area contributed by atoms with Crippen molar-refractivity contribution in [2.75, 3.05) is 32.9 Å². The van der Waals surface area contributed by atoms with Crippen LogP contribution >= 0.6 is 15.9 Å². The molecular weight excluding hydrogens is 302 g/mol. The molecule has 1 aromatic carbocycles. The van der Waals surface area contributed by atoms with Gasteiger partial charge in [0.2, 0.25) is 0 Å². The van der Waals surface area contributed by atoms with Gasteiger partial charge in [-0.25, -0.2) is 4.39 Å². The Kier molecular flexibility index (Phi) is 5.09. The largest absolute Gasteiger partial charge is 0.314 e. The van der Waals surface area contributed by atoms with Crippen molar-refractivity contribution < 1.29 is 8.78 Å². The van der Waals surface area contributed by atoms with Gasteiger partial charge in [-0.2, -0.15) is 0 Å². The van der Waals surface area contributed by atoms with Gasteiger partial charge in [-0.15, -0.1) is 0 Å². The van der Waals surface area contributed by atoms with Gasteiger partial charge >= 0.3 is 0 Å². The quantitative estimate of drug-likeness (QED) is 0.918. The SMILES string of the molecule is FCC[C@@H](c1c(F)cccc1Br)N1CCNCC1. The van der Waals surface area contributed by atoms with Gasteiger partial charge in [0.25, 0.3) is 0 Å². The van der Waals surface area contributed by atoms with Crippen LogP contribution in [0.2, 0.25) is 0 Å². The van der Waals surface area contributed by atoms with E-state index in [0.29, 0.717) is 12.0 Å². The summed E-state index contributed by atoms with van der Waals surface area (Å²) in [5, 5.41) is 3.25. The van der Waals surface area contributed by atoms with Crippen molar-refractivity contribution in [2.24, 2.45) is 0 Å². The Hall–Kier alpha value is -0.520. The summed E-state index contributed by atoms with van der Waals surface area (Å²) in [5.41, 5.74) is 0.581. The van der Waals surface area contributed by atoms with Gasteiger partial charge in [0, 0.05) is 42.3 Å². The van der Waals surface area contributed by atoms with Gasteiger partial charge in [-0.1, -0.05) is 22.0 Å². The van der Waals surface area contributed by atoms with Crippen molar-refractivity contribution in [2.45, 2.75) is 12.5 Å². The highest BCUT2D eigenvalue weighted by molar-refractivity contribution is 9.10. The number of benzene rings is 1. The highest BCUT2D eigenvalue weighted by Crippen LogP contribution is 2.32. The summed E-state index contributed by atoms with van der Waals surface area (Å²) in [6.07, 6.45) is 0.333. The number of nitrogens with zero attached hydrogens (tertiary/aromatic N) is 1. The first-order chi connectivity index (χ1) is 8.74. The van der Waals surface area contributed by atoms with Gasteiger partial charge < -0.3 is 5.32 Å². The fourth-order valence-electron chi connectivity index (χ4n) is 2.44. The molecule has 1 heterocycles. The van der Waals surface area contributed by atoms with E-state index < -0.39 is 6.67 Å². The zero-order valence-corrected chi connectivity index (χ0v) is 11.7. The van der Waals surface area contributed by atoms with E-state index in [1.807, 2.05) is 6.07 Å². The summed E-state index contributed by atoms with van der Waals surface area (Å²) in [4.78, 5) is 2.15. The van der Waals surface area contributed by atoms with Crippen LogP contribution in [0.15, 0.2) is 22.7 Å². The third-order valence-electron chi connectivity index (χ3n) is 3.31. The van der Waals surface area contributed by atoms with E-state index in [2.05, 4.69) is 26.1 Å². The molecule has 0 aliphatic carbocycles. The standard InChI is InChI=1S/C13H17BrF2N2/c14-10-2-1-3-11(16)13(10)12(4-5-15)18-8-6-17-7-9-18/h1-3,12,17H,4-9H2/t12-/m0/s1. The molecule has 1 aliphatic heterocycles. The van der Waals surface area contributed by atoms with Crippen molar-refractivity contribution in [3.05, 3.63) is 34.1 Å². The predicted molar refractivity (Wildman–Crippen MR) is 71.9 cm³/mol. The molecule has 0 amide bonds. The summed E-state index contributed by atoms with van der Waals surface area (Å²) in [6, 6.07) is 4.72. The van der Waals surface area contributed by atoms with Crippen LogP contribution in [-0.4, -0.2) is 37.8 Å². The Morgan fingerprint density at radius 2 is 2.06 bits per heavy atom. The predicted octanol–water partition coefficient (Wildman–Crippen LogP) is 2.89. The lowest BCUT2D eigenvalue weighted by molar-refractivity contribution is 0.154. The van der Waals surface area contributed by atoms with Gasteiger partial charge in [0.1, 0.15) is 5.82 Å². The van der Waals surface area contributed by atoms with E-state index in [9.17, 15) is 8.78 Å². The van der Waals surface area contributed by atoms with E-state index in [4.69, 9.17) is 0 Å². The Bertz CT molecular complexity index is 374. The molecule has 0 bridgehead atoms. The van der Waals surface area contributed by atoms with Crippen LogP contribution in [0.5, 0.6) is 0 Å². The third-order valence-corrected chi connectivity index (χ3v) is 4.00. The normalized spacial score (nSPS) is 18.8. The van der Waals surface area contributed by atoms with Gasteiger partial charge in [-0.05, 0) is 18.6 Å². The second kappa shape index (κ2) is 6.59. The Balaban J connectivity index is 2.28. The van der Waals surface area contributed by atoms with Gasteiger partial charge in [0.05, 0.1) is 6.67 Å². The molecule has 1 N–H and O–H groups in total. The van der Waals surface area contributed by atoms with Gasteiger partial charge in [-0.3, -0.25) is 9.29 Å². The molecule has 0 spiro atoms. The molecule has 18 heavy (non-hydrogen) atoms. The average Bonchev–Trinajstić information content (AvgIpc) is 2.38. The minimum absolute atomic E-state index is 0.187. The number of hydrogen-bond donors (Lipinski definition) is 1. The van der Waals surface area contributed by atoms with E-state index in [-0.39, 0.29) is 11.9 Å². The summed E-state index contributed by atoms with van der Waals surface area (Å²) in [6.45, 7) is 2.95. The van der Waals surface area contributed by atoms with Crippen LogP contribution in [0.4, 0.5) is 8.78 Å². The summed E-state index contributed by atoms with van der Waals surface area (Å²) < 4.78 is 27.5. The highest BCUT2D eigenvalue weighted by Gasteiger charge is 2.26. The topological polar surface area (TPSA) is 15.3 Å². The molecule has 100 valence electrons. The molecule has 1 fully saturated rings. The summed E-state index contributed by atoms with van der Waals surface area (Å²) in [5.74, 6) is -0.263. The molecule has 1 saturated heterocycles.